The summed E-state index contributed by atoms with van der Waals surface area (Å²) >= 11 is 0. The van der Waals surface area contributed by atoms with Crippen LogP contribution in [0.5, 0.6) is 0 Å². The molecule has 0 spiro atoms. The molecule has 0 aromatic rings. The van der Waals surface area contributed by atoms with Gasteiger partial charge in [0.05, 0.1) is 12.7 Å². The van der Waals surface area contributed by atoms with E-state index in [0.717, 1.165) is 13.0 Å². The molecule has 2 nitrogen and oxygen atoms in total. The third kappa shape index (κ3) is 2.46. The Morgan fingerprint density at radius 1 is 1.42 bits per heavy atom. The molecule has 1 rings (SSSR count). The van der Waals surface area contributed by atoms with Crippen molar-refractivity contribution in [2.24, 2.45) is 5.92 Å². The van der Waals surface area contributed by atoms with Crippen LogP contribution in [0.25, 0.3) is 0 Å². The molecule has 1 aliphatic heterocycles. The van der Waals surface area contributed by atoms with Crippen molar-refractivity contribution in [2.45, 2.75) is 52.4 Å². The van der Waals surface area contributed by atoms with Gasteiger partial charge in [-0.3, -0.25) is 0 Å². The standard InChI is InChI=1S/C10H20O2/c1-5-6-9-8(2)7-11-10(3,4)12-9/h8-9H,5-7H2,1-4H3/t8-,9+/m1/s1. The van der Waals surface area contributed by atoms with Crippen molar-refractivity contribution < 1.29 is 9.47 Å². The molecular formula is C10H20O2. The van der Waals surface area contributed by atoms with Crippen LogP contribution in [0, 0.1) is 5.92 Å². The average molecular weight is 172 g/mol. The van der Waals surface area contributed by atoms with Gasteiger partial charge in [0.2, 0.25) is 0 Å². The van der Waals surface area contributed by atoms with Crippen molar-refractivity contribution in [3.63, 3.8) is 0 Å². The lowest BCUT2D eigenvalue weighted by Crippen LogP contribution is -2.44. The Bertz CT molecular complexity index is 143. The molecule has 0 bridgehead atoms. The molecule has 0 saturated carbocycles. The maximum absolute atomic E-state index is 5.80. The summed E-state index contributed by atoms with van der Waals surface area (Å²) in [6, 6.07) is 0. The Labute approximate surface area is 75.2 Å². The van der Waals surface area contributed by atoms with Crippen molar-refractivity contribution in [3.8, 4) is 0 Å². The van der Waals surface area contributed by atoms with Crippen molar-refractivity contribution in [1.82, 2.24) is 0 Å². The molecule has 0 aromatic carbocycles. The molecule has 0 aromatic heterocycles. The Morgan fingerprint density at radius 3 is 2.67 bits per heavy atom. The van der Waals surface area contributed by atoms with Gasteiger partial charge in [0.1, 0.15) is 0 Å². The maximum atomic E-state index is 5.80. The van der Waals surface area contributed by atoms with E-state index in [1.54, 1.807) is 0 Å². The Hall–Kier alpha value is -0.0800. The lowest BCUT2D eigenvalue weighted by molar-refractivity contribution is -0.291. The van der Waals surface area contributed by atoms with Gasteiger partial charge in [-0.2, -0.15) is 0 Å². The predicted molar refractivity (Wildman–Crippen MR) is 49.0 cm³/mol. The van der Waals surface area contributed by atoms with Gasteiger partial charge in [-0.15, -0.1) is 0 Å². The fourth-order valence-corrected chi connectivity index (χ4v) is 1.58. The van der Waals surface area contributed by atoms with Crippen LogP contribution in [0.3, 0.4) is 0 Å². The third-order valence-electron chi connectivity index (χ3n) is 2.34. The summed E-state index contributed by atoms with van der Waals surface area (Å²) in [5.41, 5.74) is 0. The molecule has 0 N–H and O–H groups in total. The largest absolute Gasteiger partial charge is 0.350 e. The number of hydrogen-bond acceptors (Lipinski definition) is 2. The summed E-state index contributed by atoms with van der Waals surface area (Å²) in [7, 11) is 0. The lowest BCUT2D eigenvalue weighted by Gasteiger charge is -2.39. The second-order valence-corrected chi connectivity index (χ2v) is 4.13. The third-order valence-corrected chi connectivity index (χ3v) is 2.34. The minimum Gasteiger partial charge on any atom is -0.350 e. The maximum Gasteiger partial charge on any atom is 0.163 e. The van der Waals surface area contributed by atoms with Gasteiger partial charge < -0.3 is 9.47 Å². The number of ether oxygens (including phenoxy) is 2. The first-order valence-corrected chi connectivity index (χ1v) is 4.87. The molecule has 12 heavy (non-hydrogen) atoms. The zero-order valence-electron chi connectivity index (χ0n) is 8.59. The van der Waals surface area contributed by atoms with Gasteiger partial charge in [0.15, 0.2) is 5.79 Å². The molecule has 0 radical (unpaired) electrons. The molecule has 0 unspecified atom stereocenters. The molecule has 72 valence electrons. The van der Waals surface area contributed by atoms with Gasteiger partial charge in [-0.1, -0.05) is 20.3 Å². The van der Waals surface area contributed by atoms with E-state index in [9.17, 15) is 0 Å². The van der Waals surface area contributed by atoms with Crippen molar-refractivity contribution in [1.29, 1.82) is 0 Å². The molecule has 2 atom stereocenters. The Kier molecular flexibility index (Phi) is 3.13. The summed E-state index contributed by atoms with van der Waals surface area (Å²) in [6.07, 6.45) is 2.72. The second-order valence-electron chi connectivity index (χ2n) is 4.13. The van der Waals surface area contributed by atoms with Crippen molar-refractivity contribution in [2.75, 3.05) is 6.61 Å². The van der Waals surface area contributed by atoms with Crippen LogP contribution in [-0.2, 0) is 9.47 Å². The SMILES string of the molecule is CCC[C@@H]1OC(C)(C)OC[C@H]1C. The summed E-state index contributed by atoms with van der Waals surface area (Å²) in [5, 5.41) is 0. The van der Waals surface area contributed by atoms with E-state index in [4.69, 9.17) is 9.47 Å². The fraction of sp³-hybridized carbons (Fsp3) is 1.00. The minimum absolute atomic E-state index is 0.369. The predicted octanol–water partition coefficient (Wildman–Crippen LogP) is 2.57. The lowest BCUT2D eigenvalue weighted by atomic mass is 9.99. The summed E-state index contributed by atoms with van der Waals surface area (Å²) in [4.78, 5) is 0. The van der Waals surface area contributed by atoms with Gasteiger partial charge in [-0.05, 0) is 20.3 Å². The first-order chi connectivity index (χ1) is 5.55. The first kappa shape index (κ1) is 10.0. The second kappa shape index (κ2) is 3.75. The highest BCUT2D eigenvalue weighted by molar-refractivity contribution is 4.74. The smallest absolute Gasteiger partial charge is 0.163 e. The van der Waals surface area contributed by atoms with Crippen LogP contribution in [0.2, 0.25) is 0 Å². The van der Waals surface area contributed by atoms with Crippen LogP contribution in [0.4, 0.5) is 0 Å². The van der Waals surface area contributed by atoms with Gasteiger partial charge in [0.25, 0.3) is 0 Å². The summed E-state index contributed by atoms with van der Waals surface area (Å²) < 4.78 is 11.3. The first-order valence-electron chi connectivity index (χ1n) is 4.87. The van der Waals surface area contributed by atoms with Gasteiger partial charge in [0, 0.05) is 5.92 Å². The highest BCUT2D eigenvalue weighted by atomic mass is 16.7. The molecule has 1 fully saturated rings. The molecule has 1 heterocycles. The Morgan fingerprint density at radius 2 is 2.08 bits per heavy atom. The van der Waals surface area contributed by atoms with E-state index in [1.165, 1.54) is 6.42 Å². The quantitative estimate of drug-likeness (QED) is 0.637. The van der Waals surface area contributed by atoms with Gasteiger partial charge >= 0.3 is 0 Å². The molecule has 1 saturated heterocycles. The van der Waals surface area contributed by atoms with Crippen LogP contribution >= 0.6 is 0 Å². The van der Waals surface area contributed by atoms with E-state index in [0.29, 0.717) is 12.0 Å². The summed E-state index contributed by atoms with van der Waals surface area (Å²) in [6.45, 7) is 9.19. The van der Waals surface area contributed by atoms with E-state index >= 15 is 0 Å². The van der Waals surface area contributed by atoms with E-state index < -0.39 is 0 Å². The van der Waals surface area contributed by atoms with E-state index in [2.05, 4.69) is 13.8 Å². The molecule has 0 aliphatic carbocycles. The van der Waals surface area contributed by atoms with Crippen molar-refractivity contribution in [3.05, 3.63) is 0 Å². The zero-order valence-corrected chi connectivity index (χ0v) is 8.59. The highest BCUT2D eigenvalue weighted by Gasteiger charge is 2.33. The highest BCUT2D eigenvalue weighted by Crippen LogP contribution is 2.28. The topological polar surface area (TPSA) is 18.5 Å². The Balaban J connectivity index is 2.47. The van der Waals surface area contributed by atoms with Gasteiger partial charge in [-0.25, -0.2) is 0 Å². The summed E-state index contributed by atoms with van der Waals surface area (Å²) in [5.74, 6) is 0.171. The normalized spacial score (nSPS) is 35.0. The fourth-order valence-electron chi connectivity index (χ4n) is 1.58. The minimum atomic E-state index is -0.369. The van der Waals surface area contributed by atoms with Crippen LogP contribution in [-0.4, -0.2) is 18.5 Å². The van der Waals surface area contributed by atoms with Crippen LogP contribution in [0.1, 0.15) is 40.5 Å². The number of rotatable bonds is 2. The molecule has 0 amide bonds. The molecule has 1 aliphatic rings. The van der Waals surface area contributed by atoms with E-state index in [-0.39, 0.29) is 5.79 Å². The van der Waals surface area contributed by atoms with Crippen molar-refractivity contribution >= 4 is 0 Å². The average Bonchev–Trinajstić information content (AvgIpc) is 1.97. The van der Waals surface area contributed by atoms with Crippen LogP contribution in [0.15, 0.2) is 0 Å². The molecule has 2 heteroatoms. The monoisotopic (exact) mass is 172 g/mol. The van der Waals surface area contributed by atoms with E-state index in [1.807, 2.05) is 13.8 Å². The zero-order chi connectivity index (χ0) is 9.19. The molecular weight excluding hydrogens is 152 g/mol. The van der Waals surface area contributed by atoms with Crippen LogP contribution < -0.4 is 0 Å². The number of hydrogen-bond donors (Lipinski definition) is 0.